The zero-order chi connectivity index (χ0) is 26.0. The van der Waals surface area contributed by atoms with E-state index in [1.807, 2.05) is 37.4 Å². The third-order valence-electron chi connectivity index (χ3n) is 6.07. The molecular weight excluding hydrogens is 492 g/mol. The molecule has 8 nitrogen and oxygen atoms in total. The summed E-state index contributed by atoms with van der Waals surface area (Å²) in [5, 5.41) is 3.45. The molecule has 9 heteroatoms. The first-order chi connectivity index (χ1) is 18.0. The lowest BCUT2D eigenvalue weighted by Gasteiger charge is -2.27. The van der Waals surface area contributed by atoms with Crippen molar-refractivity contribution in [3.05, 3.63) is 89.1 Å². The van der Waals surface area contributed by atoms with E-state index in [2.05, 4.69) is 15.2 Å². The minimum atomic E-state index is -0.858. The molecule has 0 bridgehead atoms. The van der Waals surface area contributed by atoms with Crippen LogP contribution >= 0.6 is 11.6 Å². The number of likely N-dealkylation sites (N-methyl/N-ethyl adjacent to an activating group) is 1. The smallest absolute Gasteiger partial charge is 0.257 e. The van der Waals surface area contributed by atoms with Gasteiger partial charge in [0.05, 0.1) is 13.2 Å². The molecule has 1 N–H and O–H groups in total. The van der Waals surface area contributed by atoms with Crippen molar-refractivity contribution >= 4 is 23.4 Å². The molecule has 1 aliphatic rings. The predicted octanol–water partition coefficient (Wildman–Crippen LogP) is 4.01. The Morgan fingerprint density at radius 2 is 1.78 bits per heavy atom. The number of halogens is 1. The van der Waals surface area contributed by atoms with E-state index in [0.717, 1.165) is 25.1 Å². The number of nitrogens with zero attached hydrogens (tertiary/aromatic N) is 3. The largest absolute Gasteiger partial charge is 0.438 e. The van der Waals surface area contributed by atoms with Crippen LogP contribution in [0.4, 0.5) is 0 Å². The highest BCUT2D eigenvalue weighted by Gasteiger charge is 2.29. The van der Waals surface area contributed by atoms with Gasteiger partial charge in [0.25, 0.3) is 5.91 Å². The van der Waals surface area contributed by atoms with Crippen LogP contribution in [0.5, 0.6) is 11.6 Å². The molecule has 2 heterocycles. The lowest BCUT2D eigenvalue weighted by Crippen LogP contribution is -2.51. The van der Waals surface area contributed by atoms with Gasteiger partial charge in [-0.05, 0) is 62.0 Å². The normalized spacial score (nSPS) is 15.0. The van der Waals surface area contributed by atoms with Crippen molar-refractivity contribution in [1.82, 2.24) is 20.1 Å². The number of aromatic nitrogens is 1. The first-order valence-electron chi connectivity index (χ1n) is 12.3. The Morgan fingerprint density at radius 1 is 1.00 bits per heavy atom. The first-order valence-corrected chi connectivity index (χ1v) is 12.7. The zero-order valence-corrected chi connectivity index (χ0v) is 21.6. The van der Waals surface area contributed by atoms with E-state index in [1.165, 1.54) is 0 Å². The Bertz CT molecular complexity index is 1180. The fourth-order valence-electron chi connectivity index (χ4n) is 4.03. The fraction of sp³-hybridized carbons (Fsp3) is 0.321. The van der Waals surface area contributed by atoms with Gasteiger partial charge >= 0.3 is 0 Å². The molecular formula is C28H31ClN4O4. The average molecular weight is 523 g/mol. The summed E-state index contributed by atoms with van der Waals surface area (Å²) in [4.78, 5) is 35.1. The Hall–Kier alpha value is -3.46. The topological polar surface area (TPSA) is 84.0 Å². The van der Waals surface area contributed by atoms with Crippen molar-refractivity contribution in [2.45, 2.75) is 19.1 Å². The maximum absolute atomic E-state index is 13.5. The Kier molecular flexibility index (Phi) is 9.48. The molecule has 4 rings (SSSR count). The van der Waals surface area contributed by atoms with Gasteiger partial charge in [-0.25, -0.2) is 4.98 Å². The Morgan fingerprint density at radius 3 is 2.57 bits per heavy atom. The highest BCUT2D eigenvalue weighted by molar-refractivity contribution is 6.30. The van der Waals surface area contributed by atoms with Gasteiger partial charge in [0, 0.05) is 30.9 Å². The number of hydrogen-bond acceptors (Lipinski definition) is 6. The van der Waals surface area contributed by atoms with Crippen LogP contribution in [0, 0.1) is 0 Å². The van der Waals surface area contributed by atoms with Crippen molar-refractivity contribution in [1.29, 1.82) is 0 Å². The average Bonchev–Trinajstić information content (AvgIpc) is 3.14. The molecule has 37 heavy (non-hydrogen) atoms. The summed E-state index contributed by atoms with van der Waals surface area (Å²) >= 11 is 5.96. The molecule has 2 amide bonds. The van der Waals surface area contributed by atoms with Crippen LogP contribution in [0.1, 0.15) is 22.3 Å². The summed E-state index contributed by atoms with van der Waals surface area (Å²) in [5.41, 5.74) is 1.20. The van der Waals surface area contributed by atoms with E-state index in [9.17, 15) is 9.59 Å². The van der Waals surface area contributed by atoms with E-state index >= 15 is 0 Å². The van der Waals surface area contributed by atoms with Gasteiger partial charge in [-0.3, -0.25) is 9.59 Å². The van der Waals surface area contributed by atoms with Crippen LogP contribution in [-0.2, 0) is 16.1 Å². The highest BCUT2D eigenvalue weighted by Crippen LogP contribution is 2.24. The number of carbonyl (C=O) groups is 2. The number of amides is 2. The molecule has 2 aromatic carbocycles. The second kappa shape index (κ2) is 13.2. The maximum atomic E-state index is 13.5. The molecule has 1 saturated heterocycles. The molecule has 1 unspecified atom stereocenters. The van der Waals surface area contributed by atoms with Crippen LogP contribution in [0.25, 0.3) is 0 Å². The molecule has 3 aromatic rings. The number of ether oxygens (including phenoxy) is 2. The minimum absolute atomic E-state index is 0.0411. The number of hydrogen-bond donors (Lipinski definition) is 1. The molecule has 0 radical (unpaired) electrons. The number of rotatable bonds is 9. The summed E-state index contributed by atoms with van der Waals surface area (Å²) in [7, 11) is 2.04. The van der Waals surface area contributed by atoms with Gasteiger partial charge in [-0.2, -0.15) is 0 Å². The van der Waals surface area contributed by atoms with Crippen LogP contribution in [0.2, 0.25) is 5.02 Å². The summed E-state index contributed by atoms with van der Waals surface area (Å²) in [6, 6.07) is 18.9. The maximum Gasteiger partial charge on any atom is 0.257 e. The fourth-order valence-corrected chi connectivity index (χ4v) is 4.15. The van der Waals surface area contributed by atoms with E-state index < -0.39 is 11.9 Å². The van der Waals surface area contributed by atoms with Crippen molar-refractivity contribution < 1.29 is 19.1 Å². The molecule has 0 saturated carbocycles. The van der Waals surface area contributed by atoms with Crippen LogP contribution in [-0.4, -0.2) is 72.5 Å². The van der Waals surface area contributed by atoms with Crippen molar-refractivity contribution in [3.8, 4) is 11.6 Å². The molecule has 1 aromatic heterocycles. The Balaban J connectivity index is 1.49. The molecule has 194 valence electrons. The number of carbonyl (C=O) groups excluding carboxylic acids is 2. The van der Waals surface area contributed by atoms with Gasteiger partial charge in [0.2, 0.25) is 11.8 Å². The number of benzene rings is 2. The van der Waals surface area contributed by atoms with Crippen LogP contribution < -0.4 is 10.1 Å². The predicted molar refractivity (Wildman–Crippen MR) is 142 cm³/mol. The van der Waals surface area contributed by atoms with Gasteiger partial charge < -0.3 is 24.6 Å². The van der Waals surface area contributed by atoms with Gasteiger partial charge in [0.1, 0.15) is 17.4 Å². The third kappa shape index (κ3) is 7.76. The molecule has 1 atom stereocenters. The lowest BCUT2D eigenvalue weighted by atomic mass is 10.2. The standard InChI is InChI=1S/C28H31ClN4O4/c1-32-15-6-16-33(18-17-32)28(35)25(20-36-19-21-7-3-2-4-8-21)31-26(34)24-9-5-14-30-27(24)37-23-12-10-22(29)11-13-23/h2-5,7-14,25H,6,15-20H2,1H3,(H,31,34). The monoisotopic (exact) mass is 522 g/mol. The van der Waals surface area contributed by atoms with E-state index in [4.69, 9.17) is 21.1 Å². The third-order valence-corrected chi connectivity index (χ3v) is 6.33. The second-order valence-corrected chi connectivity index (χ2v) is 9.36. The van der Waals surface area contributed by atoms with Gasteiger partial charge in [-0.1, -0.05) is 41.9 Å². The minimum Gasteiger partial charge on any atom is -0.438 e. The summed E-state index contributed by atoms with van der Waals surface area (Å²) in [6.07, 6.45) is 2.41. The second-order valence-electron chi connectivity index (χ2n) is 8.92. The van der Waals surface area contributed by atoms with E-state index in [-0.39, 0.29) is 24.0 Å². The molecule has 0 spiro atoms. The molecule has 0 aliphatic carbocycles. The SMILES string of the molecule is CN1CCCN(C(=O)C(COCc2ccccc2)NC(=O)c2cccnc2Oc2ccc(Cl)cc2)CC1. The van der Waals surface area contributed by atoms with Crippen molar-refractivity contribution in [2.75, 3.05) is 39.8 Å². The number of nitrogens with one attached hydrogen (secondary N) is 1. The van der Waals surface area contributed by atoms with Crippen molar-refractivity contribution in [2.24, 2.45) is 0 Å². The zero-order valence-electron chi connectivity index (χ0n) is 20.8. The first kappa shape index (κ1) is 26.6. The Labute approximate surface area is 222 Å². The summed E-state index contributed by atoms with van der Waals surface area (Å²) in [5.74, 6) is -0.00813. The summed E-state index contributed by atoms with van der Waals surface area (Å²) in [6.45, 7) is 3.30. The highest BCUT2D eigenvalue weighted by atomic mass is 35.5. The van der Waals surface area contributed by atoms with Crippen LogP contribution in [0.3, 0.4) is 0 Å². The number of pyridine rings is 1. The quantitative estimate of drug-likeness (QED) is 0.457. The van der Waals surface area contributed by atoms with Crippen LogP contribution in [0.15, 0.2) is 72.9 Å². The molecule has 1 fully saturated rings. The van der Waals surface area contributed by atoms with Gasteiger partial charge in [0.15, 0.2) is 0 Å². The lowest BCUT2D eigenvalue weighted by molar-refractivity contribution is -0.134. The van der Waals surface area contributed by atoms with E-state index in [0.29, 0.717) is 30.5 Å². The van der Waals surface area contributed by atoms with Gasteiger partial charge in [-0.15, -0.1) is 0 Å². The van der Waals surface area contributed by atoms with E-state index in [1.54, 1.807) is 47.5 Å². The summed E-state index contributed by atoms with van der Waals surface area (Å²) < 4.78 is 11.7. The molecule has 1 aliphatic heterocycles. The van der Waals surface area contributed by atoms with Crippen molar-refractivity contribution in [3.63, 3.8) is 0 Å².